The fraction of sp³-hybridized carbons (Fsp3) is 0.167. The van der Waals surface area contributed by atoms with Gasteiger partial charge in [0, 0.05) is 19.4 Å². The van der Waals surface area contributed by atoms with Crippen molar-refractivity contribution < 1.29 is 0 Å². The molecule has 0 aromatic carbocycles. The van der Waals surface area contributed by atoms with Crippen LogP contribution in [0.1, 0.15) is 5.69 Å². The number of aryl methyl sites for hydroxylation is 1. The molecule has 0 fully saturated rings. The van der Waals surface area contributed by atoms with E-state index in [0.717, 1.165) is 0 Å². The molecule has 1 radical (unpaired) electrons. The highest BCUT2D eigenvalue weighted by atomic mass is 15.4. The fourth-order valence-corrected chi connectivity index (χ4v) is 0.823. The van der Waals surface area contributed by atoms with E-state index in [9.17, 15) is 0 Å². The molecule has 1 aliphatic rings. The first-order valence-electron chi connectivity index (χ1n) is 3.16. The van der Waals surface area contributed by atoms with Gasteiger partial charge in [-0.25, -0.2) is 10.3 Å². The number of nitrogens with zero attached hydrogens (tertiary/aromatic N) is 5. The van der Waals surface area contributed by atoms with Crippen molar-refractivity contribution in [3.63, 3.8) is 0 Å². The average Bonchev–Trinajstić information content (AvgIpc) is 2.55. The second-order valence-corrected chi connectivity index (χ2v) is 2.16. The highest BCUT2D eigenvalue weighted by Crippen LogP contribution is 1.98. The number of hydrogen-bond donors (Lipinski definition) is 0. The normalized spacial score (nSPS) is 14.8. The Morgan fingerprint density at radius 3 is 2.82 bits per heavy atom. The van der Waals surface area contributed by atoms with Gasteiger partial charge < -0.3 is 0 Å². The summed E-state index contributed by atoms with van der Waals surface area (Å²) < 4.78 is 1.62. The van der Waals surface area contributed by atoms with Gasteiger partial charge >= 0.3 is 0 Å². The largest absolute Gasteiger partial charge is 0.255 e. The van der Waals surface area contributed by atoms with Crippen LogP contribution >= 0.6 is 0 Å². The lowest BCUT2D eigenvalue weighted by Crippen LogP contribution is -2.08. The van der Waals surface area contributed by atoms with Crippen molar-refractivity contribution in [2.45, 2.75) is 0 Å². The van der Waals surface area contributed by atoms with Crippen LogP contribution in [0.5, 0.6) is 0 Å². The second kappa shape index (κ2) is 2.19. The van der Waals surface area contributed by atoms with Crippen molar-refractivity contribution in [3.8, 4) is 0 Å². The standard InChI is InChI=1S/C6H6N5/c1-11-4-5(9-10-11)6-7-2-3-8-6/h2-4H,1H3. The second-order valence-electron chi connectivity index (χ2n) is 2.16. The number of amidine groups is 1. The predicted molar refractivity (Wildman–Crippen MR) is 38.8 cm³/mol. The van der Waals surface area contributed by atoms with E-state index in [1.807, 2.05) is 0 Å². The number of aliphatic imine (C=N–C) groups is 1. The molecule has 0 N–H and O–H groups in total. The monoisotopic (exact) mass is 148 g/mol. The highest BCUT2D eigenvalue weighted by molar-refractivity contribution is 5.98. The van der Waals surface area contributed by atoms with Crippen molar-refractivity contribution in [1.82, 2.24) is 20.3 Å². The van der Waals surface area contributed by atoms with E-state index in [2.05, 4.69) is 20.6 Å². The Morgan fingerprint density at radius 2 is 2.27 bits per heavy atom. The van der Waals surface area contributed by atoms with E-state index in [0.29, 0.717) is 11.5 Å². The first kappa shape index (κ1) is 6.09. The van der Waals surface area contributed by atoms with Gasteiger partial charge in [-0.15, -0.1) is 5.10 Å². The minimum absolute atomic E-state index is 0.623. The Kier molecular flexibility index (Phi) is 1.21. The Morgan fingerprint density at radius 1 is 1.36 bits per heavy atom. The van der Waals surface area contributed by atoms with Crippen molar-refractivity contribution in [1.29, 1.82) is 0 Å². The molecule has 2 heterocycles. The summed E-state index contributed by atoms with van der Waals surface area (Å²) in [6.07, 6.45) is 5.03. The van der Waals surface area contributed by atoms with Crippen LogP contribution in [-0.4, -0.2) is 20.8 Å². The molecule has 0 atom stereocenters. The molecule has 0 bridgehead atoms. The molecule has 5 heteroatoms. The van der Waals surface area contributed by atoms with Gasteiger partial charge in [-0.3, -0.25) is 4.68 Å². The zero-order chi connectivity index (χ0) is 7.68. The minimum atomic E-state index is 0.623. The smallest absolute Gasteiger partial charge is 0.181 e. The molecule has 0 unspecified atom stereocenters. The highest BCUT2D eigenvalue weighted by Gasteiger charge is 2.09. The van der Waals surface area contributed by atoms with Gasteiger partial charge in [-0.2, -0.15) is 0 Å². The molecule has 55 valence electrons. The number of rotatable bonds is 1. The first-order valence-corrected chi connectivity index (χ1v) is 3.16. The average molecular weight is 148 g/mol. The summed E-state index contributed by atoms with van der Waals surface area (Å²) in [5.74, 6) is 0.623. The molecular weight excluding hydrogens is 142 g/mol. The SMILES string of the molecule is Cn1cc(C2=NC=C[N]2)nn1. The van der Waals surface area contributed by atoms with Crippen molar-refractivity contribution in [2.75, 3.05) is 0 Å². The van der Waals surface area contributed by atoms with E-state index in [-0.39, 0.29) is 0 Å². The Labute approximate surface area is 63.4 Å². The third-order valence-corrected chi connectivity index (χ3v) is 1.29. The fourth-order valence-electron chi connectivity index (χ4n) is 0.823. The molecule has 5 nitrogen and oxygen atoms in total. The summed E-state index contributed by atoms with van der Waals surface area (Å²) in [7, 11) is 1.80. The van der Waals surface area contributed by atoms with E-state index in [1.54, 1.807) is 30.3 Å². The summed E-state index contributed by atoms with van der Waals surface area (Å²) >= 11 is 0. The third kappa shape index (κ3) is 1.000. The predicted octanol–water partition coefficient (Wildman–Crippen LogP) is -0.349. The lowest BCUT2D eigenvalue weighted by Gasteiger charge is -1.88. The van der Waals surface area contributed by atoms with Gasteiger partial charge in [0.25, 0.3) is 0 Å². The van der Waals surface area contributed by atoms with E-state index in [4.69, 9.17) is 0 Å². The van der Waals surface area contributed by atoms with E-state index < -0.39 is 0 Å². The summed E-state index contributed by atoms with van der Waals surface area (Å²) in [6, 6.07) is 0. The molecule has 0 amide bonds. The van der Waals surface area contributed by atoms with Crippen LogP contribution in [-0.2, 0) is 7.05 Å². The van der Waals surface area contributed by atoms with E-state index >= 15 is 0 Å². The van der Waals surface area contributed by atoms with Crippen molar-refractivity contribution >= 4 is 5.84 Å². The molecule has 0 saturated heterocycles. The van der Waals surface area contributed by atoms with Crippen molar-refractivity contribution in [2.24, 2.45) is 12.0 Å². The molecular formula is C6H6N5. The van der Waals surface area contributed by atoms with Gasteiger partial charge in [0.1, 0.15) is 5.69 Å². The van der Waals surface area contributed by atoms with Crippen LogP contribution in [0, 0.1) is 0 Å². The summed E-state index contributed by atoms with van der Waals surface area (Å²) in [5, 5.41) is 11.6. The third-order valence-electron chi connectivity index (χ3n) is 1.29. The van der Waals surface area contributed by atoms with Crippen LogP contribution in [0.25, 0.3) is 0 Å². The van der Waals surface area contributed by atoms with Crippen LogP contribution in [0.15, 0.2) is 23.6 Å². The lowest BCUT2D eigenvalue weighted by atomic mass is 10.4. The first-order chi connectivity index (χ1) is 5.36. The molecule has 0 aliphatic carbocycles. The van der Waals surface area contributed by atoms with Gasteiger partial charge in [-0.05, 0) is 0 Å². The zero-order valence-electron chi connectivity index (χ0n) is 5.97. The number of hydrogen-bond acceptors (Lipinski definition) is 3. The van der Waals surface area contributed by atoms with Gasteiger partial charge in [0.05, 0.1) is 6.20 Å². The summed E-state index contributed by atoms with van der Waals surface area (Å²) in [4.78, 5) is 3.97. The van der Waals surface area contributed by atoms with Crippen LogP contribution < -0.4 is 5.32 Å². The lowest BCUT2D eigenvalue weighted by molar-refractivity contribution is 0.714. The Balaban J connectivity index is 2.30. The van der Waals surface area contributed by atoms with Gasteiger partial charge in [0.15, 0.2) is 5.84 Å². The Bertz CT molecular complexity index is 321. The quantitative estimate of drug-likeness (QED) is 0.546. The Hall–Kier alpha value is -1.65. The van der Waals surface area contributed by atoms with Gasteiger partial charge in [-0.1, -0.05) is 5.21 Å². The van der Waals surface area contributed by atoms with Crippen LogP contribution in [0.4, 0.5) is 0 Å². The molecule has 11 heavy (non-hydrogen) atoms. The van der Waals surface area contributed by atoms with Crippen molar-refractivity contribution in [3.05, 3.63) is 24.3 Å². The minimum Gasteiger partial charge on any atom is -0.255 e. The summed E-state index contributed by atoms with van der Waals surface area (Å²) in [6.45, 7) is 0. The molecule has 0 spiro atoms. The van der Waals surface area contributed by atoms with Crippen LogP contribution in [0.3, 0.4) is 0 Å². The zero-order valence-corrected chi connectivity index (χ0v) is 5.97. The maximum atomic E-state index is 3.97. The molecule has 1 aromatic heterocycles. The maximum Gasteiger partial charge on any atom is 0.181 e. The summed E-state index contributed by atoms with van der Waals surface area (Å²) in [5.41, 5.74) is 0.706. The number of aromatic nitrogens is 3. The molecule has 1 aliphatic heterocycles. The topological polar surface area (TPSA) is 57.2 Å². The molecule has 0 saturated carbocycles. The molecule has 1 aromatic rings. The van der Waals surface area contributed by atoms with E-state index in [1.165, 1.54) is 0 Å². The van der Waals surface area contributed by atoms with Gasteiger partial charge in [0.2, 0.25) is 0 Å². The van der Waals surface area contributed by atoms with Crippen LogP contribution in [0.2, 0.25) is 0 Å². The maximum absolute atomic E-state index is 3.97. The molecule has 2 rings (SSSR count).